The predicted octanol–water partition coefficient (Wildman–Crippen LogP) is 2.70. The molecule has 1 saturated carbocycles. The minimum atomic E-state index is -0.935. The molecule has 1 aliphatic rings. The molecule has 0 aliphatic heterocycles. The first kappa shape index (κ1) is 14.5. The van der Waals surface area contributed by atoms with Gasteiger partial charge in [0.15, 0.2) is 11.5 Å². The standard InChI is InChI=1S/C15H20O5/c1-19-12-9-10(8-11(16)13(12)20-2)15(14(17)18)6-4-3-5-7-15/h8-9,16H,3-7H2,1-2H3,(H,17,18). The van der Waals surface area contributed by atoms with Crippen LogP contribution in [-0.2, 0) is 10.2 Å². The minimum absolute atomic E-state index is 0.0898. The zero-order chi connectivity index (χ0) is 14.8. The van der Waals surface area contributed by atoms with Crippen molar-refractivity contribution in [2.75, 3.05) is 14.2 Å². The molecule has 1 aromatic carbocycles. The summed E-state index contributed by atoms with van der Waals surface area (Å²) in [5.74, 6) is -0.349. The molecule has 1 aliphatic carbocycles. The summed E-state index contributed by atoms with van der Waals surface area (Å²) >= 11 is 0. The van der Waals surface area contributed by atoms with Crippen molar-refractivity contribution >= 4 is 5.97 Å². The Labute approximate surface area is 118 Å². The van der Waals surface area contributed by atoms with E-state index in [0.717, 1.165) is 19.3 Å². The van der Waals surface area contributed by atoms with Gasteiger partial charge < -0.3 is 19.7 Å². The van der Waals surface area contributed by atoms with E-state index in [2.05, 4.69) is 0 Å². The maximum atomic E-state index is 11.8. The van der Waals surface area contributed by atoms with E-state index >= 15 is 0 Å². The number of phenols is 1. The highest BCUT2D eigenvalue weighted by Crippen LogP contribution is 2.46. The number of hydrogen-bond donors (Lipinski definition) is 2. The molecule has 2 N–H and O–H groups in total. The van der Waals surface area contributed by atoms with E-state index in [0.29, 0.717) is 24.2 Å². The van der Waals surface area contributed by atoms with Crippen molar-refractivity contribution in [2.24, 2.45) is 0 Å². The van der Waals surface area contributed by atoms with Gasteiger partial charge in [-0.1, -0.05) is 19.3 Å². The van der Waals surface area contributed by atoms with Gasteiger partial charge in [-0.25, -0.2) is 0 Å². The number of benzene rings is 1. The third kappa shape index (κ3) is 2.28. The molecule has 0 bridgehead atoms. The van der Waals surface area contributed by atoms with Crippen molar-refractivity contribution < 1.29 is 24.5 Å². The quantitative estimate of drug-likeness (QED) is 0.886. The van der Waals surface area contributed by atoms with Crippen molar-refractivity contribution in [1.82, 2.24) is 0 Å². The maximum Gasteiger partial charge on any atom is 0.314 e. The molecular formula is C15H20O5. The van der Waals surface area contributed by atoms with Gasteiger partial charge in [-0.2, -0.15) is 0 Å². The summed E-state index contributed by atoms with van der Waals surface area (Å²) in [6.07, 6.45) is 3.96. The molecule has 0 radical (unpaired) electrons. The van der Waals surface area contributed by atoms with Gasteiger partial charge in [0.1, 0.15) is 0 Å². The number of carbonyl (C=O) groups is 1. The second-order valence-electron chi connectivity index (χ2n) is 5.18. The topological polar surface area (TPSA) is 76.0 Å². The molecule has 0 unspecified atom stereocenters. The molecule has 2 rings (SSSR count). The predicted molar refractivity (Wildman–Crippen MR) is 73.6 cm³/mol. The number of carboxylic acid groups (broad SMARTS) is 1. The van der Waals surface area contributed by atoms with E-state index in [1.807, 2.05) is 0 Å². The number of aliphatic carboxylic acids is 1. The van der Waals surface area contributed by atoms with E-state index in [9.17, 15) is 15.0 Å². The van der Waals surface area contributed by atoms with Crippen LogP contribution in [0.1, 0.15) is 37.7 Å². The summed E-state index contributed by atoms with van der Waals surface area (Å²) in [4.78, 5) is 11.8. The van der Waals surface area contributed by atoms with Crippen LogP contribution in [0.4, 0.5) is 0 Å². The van der Waals surface area contributed by atoms with Crippen LogP contribution in [0.5, 0.6) is 17.2 Å². The van der Waals surface area contributed by atoms with Crippen molar-refractivity contribution in [1.29, 1.82) is 0 Å². The first-order valence-corrected chi connectivity index (χ1v) is 6.74. The molecule has 0 saturated heterocycles. The van der Waals surface area contributed by atoms with E-state index in [1.54, 1.807) is 6.07 Å². The number of hydrogen-bond acceptors (Lipinski definition) is 4. The van der Waals surface area contributed by atoms with E-state index < -0.39 is 11.4 Å². The monoisotopic (exact) mass is 280 g/mol. The van der Waals surface area contributed by atoms with Gasteiger partial charge in [0.2, 0.25) is 5.75 Å². The fourth-order valence-electron chi connectivity index (χ4n) is 3.00. The van der Waals surface area contributed by atoms with Crippen LogP contribution in [0, 0.1) is 0 Å². The smallest absolute Gasteiger partial charge is 0.314 e. The van der Waals surface area contributed by atoms with Gasteiger partial charge in [-0.15, -0.1) is 0 Å². The van der Waals surface area contributed by atoms with Gasteiger partial charge in [0.05, 0.1) is 19.6 Å². The maximum absolute atomic E-state index is 11.8. The lowest BCUT2D eigenvalue weighted by Gasteiger charge is -2.34. The Morgan fingerprint density at radius 1 is 1.15 bits per heavy atom. The Morgan fingerprint density at radius 3 is 2.30 bits per heavy atom. The fraction of sp³-hybridized carbons (Fsp3) is 0.533. The van der Waals surface area contributed by atoms with Crippen LogP contribution in [0.25, 0.3) is 0 Å². The highest BCUT2D eigenvalue weighted by Gasteiger charge is 2.42. The molecule has 0 spiro atoms. The largest absolute Gasteiger partial charge is 0.504 e. The second kappa shape index (κ2) is 5.61. The Balaban J connectivity index is 2.54. The summed E-state index contributed by atoms with van der Waals surface area (Å²) in [5.41, 5.74) is -0.352. The third-order valence-electron chi connectivity index (χ3n) is 4.13. The SMILES string of the molecule is COc1cc(C2(C(=O)O)CCCCC2)cc(O)c1OC. The lowest BCUT2D eigenvalue weighted by atomic mass is 9.69. The first-order chi connectivity index (χ1) is 9.55. The molecule has 0 amide bonds. The molecule has 0 atom stereocenters. The molecule has 5 heteroatoms. The zero-order valence-corrected chi connectivity index (χ0v) is 11.8. The number of rotatable bonds is 4. The molecular weight excluding hydrogens is 260 g/mol. The van der Waals surface area contributed by atoms with Crippen LogP contribution >= 0.6 is 0 Å². The second-order valence-corrected chi connectivity index (χ2v) is 5.18. The molecule has 0 heterocycles. The number of carboxylic acids is 1. The van der Waals surface area contributed by atoms with Crippen LogP contribution in [0.2, 0.25) is 0 Å². The number of methoxy groups -OCH3 is 2. The lowest BCUT2D eigenvalue weighted by Crippen LogP contribution is -2.37. The first-order valence-electron chi connectivity index (χ1n) is 6.74. The van der Waals surface area contributed by atoms with Crippen molar-refractivity contribution in [2.45, 2.75) is 37.5 Å². The van der Waals surface area contributed by atoms with E-state index in [-0.39, 0.29) is 11.5 Å². The summed E-state index contributed by atoms with van der Waals surface area (Å²) < 4.78 is 10.3. The van der Waals surface area contributed by atoms with Gasteiger partial charge >= 0.3 is 5.97 Å². The summed E-state index contributed by atoms with van der Waals surface area (Å²) in [6, 6.07) is 3.15. The Morgan fingerprint density at radius 2 is 1.80 bits per heavy atom. The van der Waals surface area contributed by atoms with Crippen molar-refractivity contribution in [3.05, 3.63) is 17.7 Å². The van der Waals surface area contributed by atoms with Gasteiger partial charge in [-0.3, -0.25) is 4.79 Å². The van der Waals surface area contributed by atoms with E-state index in [4.69, 9.17) is 9.47 Å². The Kier molecular flexibility index (Phi) is 4.06. The molecule has 110 valence electrons. The van der Waals surface area contributed by atoms with Gasteiger partial charge in [-0.05, 0) is 30.5 Å². The van der Waals surface area contributed by atoms with Crippen LogP contribution in [0.15, 0.2) is 12.1 Å². The molecule has 0 aromatic heterocycles. The highest BCUT2D eigenvalue weighted by atomic mass is 16.5. The number of ether oxygens (including phenoxy) is 2. The number of aromatic hydroxyl groups is 1. The van der Waals surface area contributed by atoms with Gasteiger partial charge in [0.25, 0.3) is 0 Å². The molecule has 1 fully saturated rings. The van der Waals surface area contributed by atoms with E-state index in [1.165, 1.54) is 20.3 Å². The minimum Gasteiger partial charge on any atom is -0.504 e. The molecule has 1 aromatic rings. The van der Waals surface area contributed by atoms with Crippen LogP contribution in [0.3, 0.4) is 0 Å². The molecule has 20 heavy (non-hydrogen) atoms. The zero-order valence-electron chi connectivity index (χ0n) is 11.8. The van der Waals surface area contributed by atoms with Crippen molar-refractivity contribution in [3.8, 4) is 17.2 Å². The summed E-state index contributed by atoms with van der Waals surface area (Å²) in [6.45, 7) is 0. The summed E-state index contributed by atoms with van der Waals surface area (Å²) in [7, 11) is 2.90. The Hall–Kier alpha value is -1.91. The number of phenolic OH excluding ortho intramolecular Hbond substituents is 1. The normalized spacial score (nSPS) is 17.5. The third-order valence-corrected chi connectivity index (χ3v) is 4.13. The van der Waals surface area contributed by atoms with Crippen LogP contribution < -0.4 is 9.47 Å². The van der Waals surface area contributed by atoms with Gasteiger partial charge in [0, 0.05) is 0 Å². The fourth-order valence-corrected chi connectivity index (χ4v) is 3.00. The average molecular weight is 280 g/mol. The average Bonchev–Trinajstić information content (AvgIpc) is 2.46. The molecule has 5 nitrogen and oxygen atoms in total. The summed E-state index contributed by atoms with van der Waals surface area (Å²) in [5, 5.41) is 19.7. The van der Waals surface area contributed by atoms with Crippen molar-refractivity contribution in [3.63, 3.8) is 0 Å². The Bertz CT molecular complexity index is 503. The highest BCUT2D eigenvalue weighted by molar-refractivity contribution is 5.82. The lowest BCUT2D eigenvalue weighted by molar-refractivity contribution is -0.145. The van der Waals surface area contributed by atoms with Crippen LogP contribution in [-0.4, -0.2) is 30.4 Å².